The Hall–Kier alpha value is -1.30. The van der Waals surface area contributed by atoms with E-state index in [2.05, 4.69) is 24.3 Å². The third-order valence-corrected chi connectivity index (χ3v) is 4.65. The first kappa shape index (κ1) is 14.1. The number of rotatable bonds is 5. The Bertz CT molecular complexity index is 433. The summed E-state index contributed by atoms with van der Waals surface area (Å²) in [7, 11) is 1.94. The standard InChI is InChI=1S/C16H25N3/c1-3-4-14-5-8-16(13-17,9-6-14)10-7-15-11-18-19(2)12-15/h11-12,14H,3-10H2,1-2H3. The summed E-state index contributed by atoms with van der Waals surface area (Å²) in [6, 6.07) is 2.63. The molecule has 1 saturated carbocycles. The molecule has 0 unspecified atom stereocenters. The molecule has 1 fully saturated rings. The lowest BCUT2D eigenvalue weighted by molar-refractivity contribution is 0.190. The van der Waals surface area contributed by atoms with Gasteiger partial charge >= 0.3 is 0 Å². The van der Waals surface area contributed by atoms with Gasteiger partial charge in [-0.25, -0.2) is 0 Å². The minimum atomic E-state index is -0.0694. The van der Waals surface area contributed by atoms with Crippen LogP contribution in [0, 0.1) is 22.7 Å². The second-order valence-corrected chi connectivity index (χ2v) is 6.15. The van der Waals surface area contributed by atoms with Crippen LogP contribution in [0.15, 0.2) is 12.4 Å². The summed E-state index contributed by atoms with van der Waals surface area (Å²) >= 11 is 0. The van der Waals surface area contributed by atoms with Gasteiger partial charge < -0.3 is 0 Å². The molecule has 1 heterocycles. The normalized spacial score (nSPS) is 27.1. The molecule has 1 aliphatic rings. The molecule has 104 valence electrons. The average molecular weight is 259 g/mol. The second-order valence-electron chi connectivity index (χ2n) is 6.15. The van der Waals surface area contributed by atoms with Crippen LogP contribution in [0.25, 0.3) is 0 Å². The molecule has 0 aliphatic heterocycles. The van der Waals surface area contributed by atoms with Crippen molar-refractivity contribution < 1.29 is 0 Å². The number of aryl methyl sites for hydroxylation is 2. The highest BCUT2D eigenvalue weighted by Crippen LogP contribution is 2.43. The topological polar surface area (TPSA) is 41.6 Å². The van der Waals surface area contributed by atoms with E-state index in [9.17, 15) is 5.26 Å². The van der Waals surface area contributed by atoms with Crippen molar-refractivity contribution in [3.63, 3.8) is 0 Å². The van der Waals surface area contributed by atoms with Crippen molar-refractivity contribution in [1.29, 1.82) is 5.26 Å². The molecule has 19 heavy (non-hydrogen) atoms. The lowest BCUT2D eigenvalue weighted by Gasteiger charge is -2.35. The number of nitrogens with zero attached hydrogens (tertiary/aromatic N) is 3. The summed E-state index contributed by atoms with van der Waals surface area (Å²) in [5.74, 6) is 0.866. The monoisotopic (exact) mass is 259 g/mol. The molecule has 3 heteroatoms. The van der Waals surface area contributed by atoms with Crippen molar-refractivity contribution in [2.24, 2.45) is 18.4 Å². The van der Waals surface area contributed by atoms with Crippen molar-refractivity contribution in [3.05, 3.63) is 18.0 Å². The van der Waals surface area contributed by atoms with Crippen LogP contribution >= 0.6 is 0 Å². The van der Waals surface area contributed by atoms with E-state index in [4.69, 9.17) is 0 Å². The summed E-state index contributed by atoms with van der Waals surface area (Å²) in [6.07, 6.45) is 13.3. The largest absolute Gasteiger partial charge is 0.276 e. The van der Waals surface area contributed by atoms with Crippen LogP contribution in [-0.2, 0) is 13.5 Å². The summed E-state index contributed by atoms with van der Waals surface area (Å²) in [6.45, 7) is 2.26. The predicted molar refractivity (Wildman–Crippen MR) is 76.4 cm³/mol. The van der Waals surface area contributed by atoms with Gasteiger partial charge in [0.05, 0.1) is 17.7 Å². The zero-order valence-corrected chi connectivity index (χ0v) is 12.2. The van der Waals surface area contributed by atoms with Crippen LogP contribution in [0.4, 0.5) is 0 Å². The van der Waals surface area contributed by atoms with Crippen LogP contribution in [0.2, 0.25) is 0 Å². The van der Waals surface area contributed by atoms with Crippen molar-refractivity contribution >= 4 is 0 Å². The molecular formula is C16H25N3. The number of aromatic nitrogens is 2. The average Bonchev–Trinajstić information content (AvgIpc) is 2.85. The molecule has 0 N–H and O–H groups in total. The molecule has 1 aliphatic carbocycles. The zero-order chi connectivity index (χ0) is 13.7. The number of hydrogen-bond acceptors (Lipinski definition) is 2. The first-order chi connectivity index (χ1) is 9.17. The maximum absolute atomic E-state index is 9.57. The van der Waals surface area contributed by atoms with Gasteiger partial charge in [0.15, 0.2) is 0 Å². The van der Waals surface area contributed by atoms with Gasteiger partial charge in [0, 0.05) is 13.2 Å². The molecule has 0 amide bonds. The van der Waals surface area contributed by atoms with Gasteiger partial charge in [-0.05, 0) is 50.0 Å². The Labute approximate surface area is 116 Å². The number of nitriles is 1. The van der Waals surface area contributed by atoms with Gasteiger partial charge in [-0.1, -0.05) is 19.8 Å². The molecule has 0 aromatic carbocycles. The fraction of sp³-hybridized carbons (Fsp3) is 0.750. The van der Waals surface area contributed by atoms with E-state index in [0.29, 0.717) is 0 Å². The lowest BCUT2D eigenvalue weighted by Crippen LogP contribution is -2.26. The van der Waals surface area contributed by atoms with E-state index < -0.39 is 0 Å². The molecule has 0 atom stereocenters. The maximum Gasteiger partial charge on any atom is 0.0689 e. The van der Waals surface area contributed by atoms with E-state index in [1.165, 1.54) is 31.2 Å². The maximum atomic E-state index is 9.57. The Kier molecular flexibility index (Phi) is 4.63. The van der Waals surface area contributed by atoms with Crippen LogP contribution in [-0.4, -0.2) is 9.78 Å². The summed E-state index contributed by atoms with van der Waals surface area (Å²) in [4.78, 5) is 0. The quantitative estimate of drug-likeness (QED) is 0.806. The van der Waals surface area contributed by atoms with Crippen LogP contribution in [0.5, 0.6) is 0 Å². The Morgan fingerprint density at radius 2 is 2.21 bits per heavy atom. The fourth-order valence-corrected chi connectivity index (χ4v) is 3.33. The van der Waals surface area contributed by atoms with Crippen LogP contribution in [0.1, 0.15) is 57.4 Å². The summed E-state index contributed by atoms with van der Waals surface area (Å²) in [5, 5.41) is 13.8. The SMILES string of the molecule is CCCC1CCC(C#N)(CCc2cnn(C)c2)CC1. The van der Waals surface area contributed by atoms with Gasteiger partial charge in [0.25, 0.3) is 0 Å². The van der Waals surface area contributed by atoms with E-state index in [0.717, 1.165) is 31.6 Å². The van der Waals surface area contributed by atoms with Crippen LogP contribution < -0.4 is 0 Å². The number of hydrogen-bond donors (Lipinski definition) is 0. The highest BCUT2D eigenvalue weighted by Gasteiger charge is 2.34. The molecule has 3 nitrogen and oxygen atoms in total. The van der Waals surface area contributed by atoms with E-state index in [1.54, 1.807) is 0 Å². The third-order valence-electron chi connectivity index (χ3n) is 4.65. The highest BCUT2D eigenvalue weighted by molar-refractivity contribution is 5.08. The van der Waals surface area contributed by atoms with Gasteiger partial charge in [-0.3, -0.25) is 4.68 Å². The molecule has 1 aromatic heterocycles. The lowest BCUT2D eigenvalue weighted by atomic mass is 9.68. The second kappa shape index (κ2) is 6.23. The molecule has 1 aromatic rings. The minimum absolute atomic E-state index is 0.0694. The van der Waals surface area contributed by atoms with Crippen molar-refractivity contribution in [3.8, 4) is 6.07 Å². The van der Waals surface area contributed by atoms with Crippen molar-refractivity contribution in [1.82, 2.24) is 9.78 Å². The van der Waals surface area contributed by atoms with Crippen LogP contribution in [0.3, 0.4) is 0 Å². The molecule has 0 spiro atoms. The van der Waals surface area contributed by atoms with Gasteiger partial charge in [-0.15, -0.1) is 0 Å². The van der Waals surface area contributed by atoms with Gasteiger partial charge in [0.2, 0.25) is 0 Å². The van der Waals surface area contributed by atoms with Crippen molar-refractivity contribution in [2.75, 3.05) is 0 Å². The van der Waals surface area contributed by atoms with Gasteiger partial charge in [-0.2, -0.15) is 10.4 Å². The first-order valence-electron chi connectivity index (χ1n) is 7.56. The van der Waals surface area contributed by atoms with Crippen molar-refractivity contribution in [2.45, 2.75) is 58.3 Å². The minimum Gasteiger partial charge on any atom is -0.276 e. The Morgan fingerprint density at radius 3 is 2.74 bits per heavy atom. The van der Waals surface area contributed by atoms with Gasteiger partial charge in [0.1, 0.15) is 0 Å². The zero-order valence-electron chi connectivity index (χ0n) is 12.2. The molecule has 0 saturated heterocycles. The molecular weight excluding hydrogens is 234 g/mol. The molecule has 0 bridgehead atoms. The summed E-state index contributed by atoms with van der Waals surface area (Å²) < 4.78 is 1.84. The van der Waals surface area contributed by atoms with E-state index >= 15 is 0 Å². The summed E-state index contributed by atoms with van der Waals surface area (Å²) in [5.41, 5.74) is 1.19. The first-order valence-corrected chi connectivity index (χ1v) is 7.56. The highest BCUT2D eigenvalue weighted by atomic mass is 15.2. The Balaban J connectivity index is 1.88. The fourth-order valence-electron chi connectivity index (χ4n) is 3.33. The van der Waals surface area contributed by atoms with E-state index in [1.807, 2.05) is 17.9 Å². The Morgan fingerprint density at radius 1 is 1.47 bits per heavy atom. The third kappa shape index (κ3) is 3.59. The predicted octanol–water partition coefficient (Wildman–Crippen LogP) is 3.85. The van der Waals surface area contributed by atoms with E-state index in [-0.39, 0.29) is 5.41 Å². The smallest absolute Gasteiger partial charge is 0.0689 e. The molecule has 2 rings (SSSR count). The molecule has 0 radical (unpaired) electrons.